The zero-order valence-corrected chi connectivity index (χ0v) is 10.2. The van der Waals surface area contributed by atoms with Crippen LogP contribution in [0.2, 0.25) is 0 Å². The van der Waals surface area contributed by atoms with Gasteiger partial charge >= 0.3 is 0 Å². The van der Waals surface area contributed by atoms with Crippen LogP contribution in [0, 0.1) is 5.41 Å². The van der Waals surface area contributed by atoms with Crippen LogP contribution in [-0.4, -0.2) is 11.3 Å². The van der Waals surface area contributed by atoms with Gasteiger partial charge in [-0.1, -0.05) is 45.0 Å². The van der Waals surface area contributed by atoms with E-state index in [0.29, 0.717) is 12.8 Å². The molecule has 0 heterocycles. The smallest absolute Gasteiger partial charge is 0.158 e. The number of hydrogen-bond donors (Lipinski definition) is 1. The van der Waals surface area contributed by atoms with Crippen LogP contribution in [0.15, 0.2) is 24.3 Å². The number of carbonyl (C=O) groups is 1. The quantitative estimate of drug-likeness (QED) is 0.782. The van der Waals surface area contributed by atoms with Crippen LogP contribution in [0.4, 0.5) is 0 Å². The highest BCUT2D eigenvalue weighted by Crippen LogP contribution is 2.33. The van der Waals surface area contributed by atoms with Crippen molar-refractivity contribution in [1.82, 2.24) is 0 Å². The van der Waals surface area contributed by atoms with Crippen LogP contribution in [0.5, 0.6) is 0 Å². The second kappa shape index (κ2) is 3.42. The maximum Gasteiger partial charge on any atom is 0.158 e. The Balaban J connectivity index is 2.31. The summed E-state index contributed by atoms with van der Waals surface area (Å²) in [6.45, 7) is 5.81. The lowest BCUT2D eigenvalue weighted by Crippen LogP contribution is -2.53. The van der Waals surface area contributed by atoms with E-state index in [1.165, 1.54) is 11.1 Å². The fraction of sp³-hybridized carbons (Fsp3) is 0.500. The number of rotatable bonds is 1. The van der Waals surface area contributed by atoms with Gasteiger partial charge in [-0.05, 0) is 24.0 Å². The lowest BCUT2D eigenvalue weighted by atomic mass is 9.77. The third-order valence-corrected chi connectivity index (χ3v) is 3.26. The summed E-state index contributed by atoms with van der Waals surface area (Å²) >= 11 is 0. The zero-order chi connectivity index (χ0) is 12.0. The molecular weight excluding hydrogens is 198 g/mol. The number of ketones is 1. The first-order chi connectivity index (χ1) is 7.33. The van der Waals surface area contributed by atoms with E-state index in [4.69, 9.17) is 5.73 Å². The van der Waals surface area contributed by atoms with Crippen LogP contribution in [0.1, 0.15) is 31.9 Å². The van der Waals surface area contributed by atoms with Gasteiger partial charge < -0.3 is 5.73 Å². The Labute approximate surface area is 96.8 Å². The highest BCUT2D eigenvalue weighted by atomic mass is 16.1. The van der Waals surface area contributed by atoms with Crippen molar-refractivity contribution in [2.75, 3.05) is 0 Å². The molecule has 1 aromatic carbocycles. The molecule has 1 aromatic rings. The Morgan fingerprint density at radius 1 is 1.19 bits per heavy atom. The van der Waals surface area contributed by atoms with Crippen LogP contribution in [-0.2, 0) is 17.6 Å². The fourth-order valence-corrected chi connectivity index (χ4v) is 2.55. The number of hydrogen-bond acceptors (Lipinski definition) is 2. The Morgan fingerprint density at radius 3 is 2.00 bits per heavy atom. The third kappa shape index (κ3) is 1.78. The van der Waals surface area contributed by atoms with Gasteiger partial charge in [-0.25, -0.2) is 0 Å². The van der Waals surface area contributed by atoms with E-state index in [2.05, 4.69) is 12.1 Å². The maximum absolute atomic E-state index is 12.3. The van der Waals surface area contributed by atoms with Gasteiger partial charge in [-0.2, -0.15) is 0 Å². The number of benzene rings is 1. The second-order valence-electron chi connectivity index (χ2n) is 5.86. The first-order valence-corrected chi connectivity index (χ1v) is 5.73. The van der Waals surface area contributed by atoms with E-state index in [1.807, 2.05) is 32.9 Å². The third-order valence-electron chi connectivity index (χ3n) is 3.26. The second-order valence-corrected chi connectivity index (χ2v) is 5.86. The van der Waals surface area contributed by atoms with Gasteiger partial charge in [-0.15, -0.1) is 0 Å². The summed E-state index contributed by atoms with van der Waals surface area (Å²) in [5.74, 6) is 0.163. The molecule has 2 nitrogen and oxygen atoms in total. The van der Waals surface area contributed by atoms with E-state index < -0.39 is 5.54 Å². The van der Waals surface area contributed by atoms with Crippen molar-refractivity contribution < 1.29 is 4.79 Å². The first-order valence-electron chi connectivity index (χ1n) is 5.73. The summed E-state index contributed by atoms with van der Waals surface area (Å²) in [5, 5.41) is 0. The Morgan fingerprint density at radius 2 is 1.62 bits per heavy atom. The normalized spacial score (nSPS) is 18.2. The van der Waals surface area contributed by atoms with E-state index in [0.717, 1.165) is 0 Å². The fourth-order valence-electron chi connectivity index (χ4n) is 2.55. The molecule has 0 radical (unpaired) electrons. The van der Waals surface area contributed by atoms with Crippen molar-refractivity contribution in [2.24, 2.45) is 11.1 Å². The lowest BCUT2D eigenvalue weighted by molar-refractivity contribution is -0.131. The van der Waals surface area contributed by atoms with Crippen molar-refractivity contribution in [3.8, 4) is 0 Å². The Hall–Kier alpha value is -1.15. The molecule has 1 aliphatic carbocycles. The molecule has 0 spiro atoms. The van der Waals surface area contributed by atoms with Gasteiger partial charge in [0.25, 0.3) is 0 Å². The summed E-state index contributed by atoms with van der Waals surface area (Å²) in [4.78, 5) is 12.3. The number of nitrogens with two attached hydrogens (primary N) is 1. The largest absolute Gasteiger partial charge is 0.318 e. The monoisotopic (exact) mass is 217 g/mol. The standard InChI is InChI=1S/C14H19NO/c1-13(2,3)12(16)14(15)8-10-6-4-5-7-11(10)9-14/h4-7H,8-9,15H2,1-3H3. The molecule has 0 amide bonds. The summed E-state index contributed by atoms with van der Waals surface area (Å²) < 4.78 is 0. The predicted octanol–water partition coefficient (Wildman–Crippen LogP) is 2.10. The van der Waals surface area contributed by atoms with E-state index >= 15 is 0 Å². The van der Waals surface area contributed by atoms with Crippen LogP contribution in [0.25, 0.3) is 0 Å². The molecule has 0 atom stereocenters. The van der Waals surface area contributed by atoms with Crippen molar-refractivity contribution in [2.45, 2.75) is 39.2 Å². The van der Waals surface area contributed by atoms with E-state index in [1.54, 1.807) is 0 Å². The summed E-state index contributed by atoms with van der Waals surface area (Å²) in [6.07, 6.45) is 1.36. The number of Topliss-reactive ketones (excluding diaryl/α,β-unsaturated/α-hetero) is 1. The average Bonchev–Trinajstić information content (AvgIpc) is 2.52. The van der Waals surface area contributed by atoms with Gasteiger partial charge in [0.05, 0.1) is 5.54 Å². The molecule has 0 bridgehead atoms. The zero-order valence-electron chi connectivity index (χ0n) is 10.2. The molecule has 2 rings (SSSR count). The minimum atomic E-state index is -0.693. The Kier molecular flexibility index (Phi) is 2.43. The molecule has 0 aromatic heterocycles. The van der Waals surface area contributed by atoms with E-state index in [-0.39, 0.29) is 11.2 Å². The minimum absolute atomic E-state index is 0.163. The SMILES string of the molecule is CC(C)(C)C(=O)C1(N)Cc2ccccc2C1. The van der Waals surface area contributed by atoms with Crippen molar-refractivity contribution in [1.29, 1.82) is 0 Å². The average molecular weight is 217 g/mol. The number of fused-ring (bicyclic) bond motifs is 1. The highest BCUT2D eigenvalue weighted by molar-refractivity contribution is 5.94. The van der Waals surface area contributed by atoms with Gasteiger partial charge in [0.15, 0.2) is 5.78 Å². The summed E-state index contributed by atoms with van der Waals surface area (Å²) in [7, 11) is 0. The predicted molar refractivity (Wildman–Crippen MR) is 65.2 cm³/mol. The van der Waals surface area contributed by atoms with Gasteiger partial charge in [-0.3, -0.25) is 4.79 Å². The van der Waals surface area contributed by atoms with Crippen molar-refractivity contribution >= 4 is 5.78 Å². The van der Waals surface area contributed by atoms with Crippen LogP contribution in [0.3, 0.4) is 0 Å². The molecular formula is C14H19NO. The molecule has 16 heavy (non-hydrogen) atoms. The molecule has 2 heteroatoms. The summed E-state index contributed by atoms with van der Waals surface area (Å²) in [6, 6.07) is 8.15. The van der Waals surface area contributed by atoms with E-state index in [9.17, 15) is 4.79 Å². The van der Waals surface area contributed by atoms with Gasteiger partial charge in [0.1, 0.15) is 0 Å². The van der Waals surface area contributed by atoms with Crippen molar-refractivity contribution in [3.05, 3.63) is 35.4 Å². The number of carbonyl (C=O) groups excluding carboxylic acids is 1. The maximum atomic E-state index is 12.3. The summed E-state index contributed by atoms with van der Waals surface area (Å²) in [5.41, 5.74) is 7.68. The topological polar surface area (TPSA) is 43.1 Å². The molecule has 2 N–H and O–H groups in total. The minimum Gasteiger partial charge on any atom is -0.318 e. The molecule has 1 aliphatic rings. The molecule has 0 saturated heterocycles. The van der Waals surface area contributed by atoms with Crippen LogP contribution < -0.4 is 5.73 Å². The molecule has 0 saturated carbocycles. The molecule has 86 valence electrons. The molecule has 0 unspecified atom stereocenters. The molecule has 0 aliphatic heterocycles. The lowest BCUT2D eigenvalue weighted by Gasteiger charge is -2.30. The molecule has 0 fully saturated rings. The Bertz CT molecular complexity index is 404. The van der Waals surface area contributed by atoms with Gasteiger partial charge in [0.2, 0.25) is 0 Å². The first kappa shape index (κ1) is 11.3. The highest BCUT2D eigenvalue weighted by Gasteiger charge is 2.44. The van der Waals surface area contributed by atoms with Crippen molar-refractivity contribution in [3.63, 3.8) is 0 Å². The van der Waals surface area contributed by atoms with Crippen LogP contribution >= 0.6 is 0 Å². The van der Waals surface area contributed by atoms with Gasteiger partial charge in [0, 0.05) is 5.41 Å².